The number of pyridine rings is 1. The minimum absolute atomic E-state index is 0.0389. The van der Waals surface area contributed by atoms with E-state index >= 15 is 0 Å². The van der Waals surface area contributed by atoms with Crippen LogP contribution in [0.15, 0.2) is 52.3 Å². The number of nitrogens with zero attached hydrogens (tertiary/aromatic N) is 1. The Bertz CT molecular complexity index is 883. The molecule has 106 valence electrons. The van der Waals surface area contributed by atoms with E-state index < -0.39 is 0 Å². The second-order valence-corrected chi connectivity index (χ2v) is 4.79. The third-order valence-corrected chi connectivity index (χ3v) is 3.38. The van der Waals surface area contributed by atoms with Gasteiger partial charge < -0.3 is 5.32 Å². The lowest BCUT2D eigenvalue weighted by molar-refractivity contribution is 0.876. The van der Waals surface area contributed by atoms with Gasteiger partial charge in [-0.1, -0.05) is 12.1 Å². The van der Waals surface area contributed by atoms with Gasteiger partial charge >= 0.3 is 0 Å². The Balaban J connectivity index is 2.08. The standard InChI is InChI=1S/C15H14N4O2/c1-9(10-4-3-7-16-8-10)17-12-6-2-5-11-13(12)15(21)19-18-14(11)20/h2-9,17H,1H3,(H,18,20)(H,19,21). The van der Waals surface area contributed by atoms with Crippen LogP contribution in [-0.4, -0.2) is 15.2 Å². The van der Waals surface area contributed by atoms with Crippen LogP contribution in [0.1, 0.15) is 18.5 Å². The number of rotatable bonds is 3. The molecule has 0 amide bonds. The van der Waals surface area contributed by atoms with E-state index in [1.54, 1.807) is 30.6 Å². The SMILES string of the molecule is CC(Nc1cccc2c(=O)[nH][nH]c(=O)c12)c1cccnc1. The predicted octanol–water partition coefficient (Wildman–Crippen LogP) is 1.78. The summed E-state index contributed by atoms with van der Waals surface area (Å²) in [6, 6.07) is 8.92. The van der Waals surface area contributed by atoms with Gasteiger partial charge in [0.15, 0.2) is 0 Å². The first-order valence-electron chi connectivity index (χ1n) is 6.57. The zero-order valence-corrected chi connectivity index (χ0v) is 11.4. The quantitative estimate of drug-likeness (QED) is 0.683. The summed E-state index contributed by atoms with van der Waals surface area (Å²) in [5, 5.41) is 8.65. The van der Waals surface area contributed by atoms with Gasteiger partial charge in [0.2, 0.25) is 0 Å². The molecule has 2 heterocycles. The number of hydrogen-bond donors (Lipinski definition) is 3. The van der Waals surface area contributed by atoms with Crippen LogP contribution < -0.4 is 16.4 Å². The molecule has 0 saturated heterocycles. The molecule has 0 radical (unpaired) electrons. The average molecular weight is 282 g/mol. The zero-order chi connectivity index (χ0) is 14.8. The van der Waals surface area contributed by atoms with Crippen LogP contribution in [0.3, 0.4) is 0 Å². The molecule has 2 aromatic heterocycles. The van der Waals surface area contributed by atoms with Crippen molar-refractivity contribution in [2.75, 3.05) is 5.32 Å². The Morgan fingerprint density at radius 2 is 1.90 bits per heavy atom. The molecule has 1 atom stereocenters. The van der Waals surface area contributed by atoms with Crippen molar-refractivity contribution in [2.45, 2.75) is 13.0 Å². The summed E-state index contributed by atoms with van der Waals surface area (Å²) in [6.07, 6.45) is 3.47. The normalized spacial score (nSPS) is 12.2. The topological polar surface area (TPSA) is 90.6 Å². The summed E-state index contributed by atoms with van der Waals surface area (Å²) >= 11 is 0. The second kappa shape index (κ2) is 5.24. The predicted molar refractivity (Wildman–Crippen MR) is 81.5 cm³/mol. The fourth-order valence-corrected chi connectivity index (χ4v) is 2.30. The van der Waals surface area contributed by atoms with E-state index in [0.717, 1.165) is 5.56 Å². The molecule has 1 aromatic carbocycles. The number of H-pyrrole nitrogens is 2. The molecule has 0 aliphatic carbocycles. The van der Waals surface area contributed by atoms with E-state index in [1.807, 2.05) is 19.1 Å². The average Bonchev–Trinajstić information content (AvgIpc) is 2.52. The molecule has 21 heavy (non-hydrogen) atoms. The van der Waals surface area contributed by atoms with E-state index in [-0.39, 0.29) is 17.2 Å². The Labute approximate surface area is 119 Å². The van der Waals surface area contributed by atoms with Crippen molar-refractivity contribution in [3.63, 3.8) is 0 Å². The molecule has 3 N–H and O–H groups in total. The highest BCUT2D eigenvalue weighted by atomic mass is 16.1. The fraction of sp³-hybridized carbons (Fsp3) is 0.133. The Morgan fingerprint density at radius 3 is 2.67 bits per heavy atom. The van der Waals surface area contributed by atoms with Gasteiger partial charge in [-0.25, -0.2) is 0 Å². The van der Waals surface area contributed by atoms with Gasteiger partial charge in [0.05, 0.1) is 16.8 Å². The van der Waals surface area contributed by atoms with Crippen molar-refractivity contribution >= 4 is 16.5 Å². The van der Waals surface area contributed by atoms with Gasteiger partial charge in [-0.05, 0) is 30.7 Å². The molecule has 0 fully saturated rings. The molecule has 0 spiro atoms. The summed E-state index contributed by atoms with van der Waals surface area (Å²) in [6.45, 7) is 1.97. The Morgan fingerprint density at radius 1 is 1.10 bits per heavy atom. The third-order valence-electron chi connectivity index (χ3n) is 3.38. The van der Waals surface area contributed by atoms with Crippen molar-refractivity contribution in [2.24, 2.45) is 0 Å². The van der Waals surface area contributed by atoms with Crippen LogP contribution in [0, 0.1) is 0 Å². The molecule has 0 aliphatic rings. The fourth-order valence-electron chi connectivity index (χ4n) is 2.30. The summed E-state index contributed by atoms with van der Waals surface area (Å²) in [5.74, 6) is 0. The van der Waals surface area contributed by atoms with E-state index in [9.17, 15) is 9.59 Å². The first kappa shape index (κ1) is 13.1. The van der Waals surface area contributed by atoms with Crippen molar-refractivity contribution < 1.29 is 0 Å². The van der Waals surface area contributed by atoms with Crippen molar-refractivity contribution in [1.29, 1.82) is 0 Å². The molecular formula is C15H14N4O2. The maximum absolute atomic E-state index is 12.0. The molecule has 1 unspecified atom stereocenters. The summed E-state index contributed by atoms with van der Waals surface area (Å²) in [4.78, 5) is 27.8. The number of nitrogens with one attached hydrogen (secondary N) is 3. The first-order valence-corrected chi connectivity index (χ1v) is 6.57. The van der Waals surface area contributed by atoms with Crippen molar-refractivity contribution in [1.82, 2.24) is 15.2 Å². The Hall–Kier alpha value is -2.89. The lowest BCUT2D eigenvalue weighted by Gasteiger charge is -2.16. The minimum Gasteiger partial charge on any atom is -0.378 e. The smallest absolute Gasteiger partial charge is 0.272 e. The third kappa shape index (κ3) is 2.43. The van der Waals surface area contributed by atoms with Crippen LogP contribution in [-0.2, 0) is 0 Å². The Kier molecular flexibility index (Phi) is 3.27. The van der Waals surface area contributed by atoms with Crippen LogP contribution in [0.4, 0.5) is 5.69 Å². The van der Waals surface area contributed by atoms with Gasteiger partial charge in [0.1, 0.15) is 0 Å². The molecule has 6 nitrogen and oxygen atoms in total. The van der Waals surface area contributed by atoms with Gasteiger partial charge in [0, 0.05) is 18.1 Å². The number of anilines is 1. The number of aromatic nitrogens is 3. The highest BCUT2D eigenvalue weighted by molar-refractivity contribution is 5.92. The molecule has 6 heteroatoms. The number of benzene rings is 1. The van der Waals surface area contributed by atoms with E-state index in [1.165, 1.54) is 0 Å². The monoisotopic (exact) mass is 282 g/mol. The largest absolute Gasteiger partial charge is 0.378 e. The maximum Gasteiger partial charge on any atom is 0.272 e. The minimum atomic E-state index is -0.328. The van der Waals surface area contributed by atoms with Crippen LogP contribution >= 0.6 is 0 Å². The van der Waals surface area contributed by atoms with Gasteiger partial charge in [-0.15, -0.1) is 0 Å². The number of fused-ring (bicyclic) bond motifs is 1. The second-order valence-electron chi connectivity index (χ2n) is 4.79. The number of aromatic amines is 2. The molecule has 0 saturated carbocycles. The van der Waals surface area contributed by atoms with Crippen LogP contribution in [0.2, 0.25) is 0 Å². The summed E-state index contributed by atoms with van der Waals surface area (Å²) in [7, 11) is 0. The van der Waals surface area contributed by atoms with E-state index in [4.69, 9.17) is 0 Å². The van der Waals surface area contributed by atoms with Crippen molar-refractivity contribution in [3.8, 4) is 0 Å². The van der Waals surface area contributed by atoms with Gasteiger partial charge in [-0.2, -0.15) is 0 Å². The summed E-state index contributed by atoms with van der Waals surface area (Å²) < 4.78 is 0. The first-order chi connectivity index (χ1) is 10.2. The lowest BCUT2D eigenvalue weighted by atomic mass is 10.1. The van der Waals surface area contributed by atoms with E-state index in [2.05, 4.69) is 20.5 Å². The van der Waals surface area contributed by atoms with Crippen molar-refractivity contribution in [3.05, 3.63) is 69.0 Å². The summed E-state index contributed by atoms with van der Waals surface area (Å²) in [5.41, 5.74) is 0.973. The zero-order valence-electron chi connectivity index (χ0n) is 11.4. The molecule has 3 rings (SSSR count). The highest BCUT2D eigenvalue weighted by Gasteiger charge is 2.11. The molecule has 3 aromatic rings. The van der Waals surface area contributed by atoms with Gasteiger partial charge in [0.25, 0.3) is 11.1 Å². The molecule has 0 bridgehead atoms. The van der Waals surface area contributed by atoms with Gasteiger partial charge in [-0.3, -0.25) is 24.8 Å². The highest BCUT2D eigenvalue weighted by Crippen LogP contribution is 2.22. The molecule has 0 aliphatic heterocycles. The maximum atomic E-state index is 12.0. The van der Waals surface area contributed by atoms with E-state index in [0.29, 0.717) is 16.5 Å². The lowest BCUT2D eigenvalue weighted by Crippen LogP contribution is -2.20. The van der Waals surface area contributed by atoms with Crippen LogP contribution in [0.25, 0.3) is 10.8 Å². The molecular weight excluding hydrogens is 268 g/mol. The van der Waals surface area contributed by atoms with Crippen LogP contribution in [0.5, 0.6) is 0 Å². The number of hydrogen-bond acceptors (Lipinski definition) is 4.